The number of para-hydroxylation sites is 1. The van der Waals surface area contributed by atoms with Gasteiger partial charge in [0.2, 0.25) is 0 Å². The molecule has 2 aromatic heterocycles. The number of benzene rings is 2. The van der Waals surface area contributed by atoms with Crippen molar-refractivity contribution in [2.45, 2.75) is 17.8 Å². The summed E-state index contributed by atoms with van der Waals surface area (Å²) in [6.07, 6.45) is 0. The van der Waals surface area contributed by atoms with Crippen LogP contribution in [0.2, 0.25) is 5.02 Å². The second-order valence-electron chi connectivity index (χ2n) is 5.86. The summed E-state index contributed by atoms with van der Waals surface area (Å²) >= 11 is 7.57. The van der Waals surface area contributed by atoms with Gasteiger partial charge in [-0.1, -0.05) is 35.5 Å². The lowest BCUT2D eigenvalue weighted by Gasteiger charge is -2.05. The molecule has 25 heavy (non-hydrogen) atoms. The van der Waals surface area contributed by atoms with Gasteiger partial charge in [-0.25, -0.2) is 9.97 Å². The molecule has 0 spiro atoms. The molecule has 0 saturated carbocycles. The van der Waals surface area contributed by atoms with E-state index in [1.807, 2.05) is 48.9 Å². The van der Waals surface area contributed by atoms with Crippen molar-refractivity contribution < 1.29 is 0 Å². The number of H-pyrrole nitrogens is 1. The maximum atomic E-state index is 12.3. The first-order valence-electron chi connectivity index (χ1n) is 7.76. The molecule has 0 unspecified atom stereocenters. The highest BCUT2D eigenvalue weighted by molar-refractivity contribution is 7.98. The molecule has 0 bridgehead atoms. The molecule has 0 aliphatic heterocycles. The third-order valence-corrected chi connectivity index (χ3v) is 5.40. The van der Waals surface area contributed by atoms with Gasteiger partial charge in [-0.2, -0.15) is 0 Å². The Labute approximate surface area is 153 Å². The Kier molecular flexibility index (Phi) is 4.01. The summed E-state index contributed by atoms with van der Waals surface area (Å²) in [5.74, 6) is 1.17. The van der Waals surface area contributed by atoms with Crippen molar-refractivity contribution in [1.29, 1.82) is 0 Å². The predicted octanol–water partition coefficient (Wildman–Crippen LogP) is 4.06. The van der Waals surface area contributed by atoms with Crippen LogP contribution in [0.5, 0.6) is 0 Å². The summed E-state index contributed by atoms with van der Waals surface area (Å²) in [4.78, 5) is 24.4. The highest BCUT2D eigenvalue weighted by Crippen LogP contribution is 2.26. The highest BCUT2D eigenvalue weighted by atomic mass is 35.5. The van der Waals surface area contributed by atoms with E-state index in [9.17, 15) is 4.79 Å². The number of nitrogens with zero attached hydrogens (tertiary/aromatic N) is 3. The first-order chi connectivity index (χ1) is 12.0. The lowest BCUT2D eigenvalue weighted by molar-refractivity contribution is 0.814. The molecule has 4 aromatic rings. The Morgan fingerprint density at radius 3 is 2.92 bits per heavy atom. The van der Waals surface area contributed by atoms with Gasteiger partial charge in [0, 0.05) is 12.1 Å². The van der Waals surface area contributed by atoms with Gasteiger partial charge in [0.15, 0.2) is 5.16 Å². The largest absolute Gasteiger partial charge is 0.322 e. The molecule has 126 valence electrons. The van der Waals surface area contributed by atoms with Crippen LogP contribution in [0.4, 0.5) is 0 Å². The first kappa shape index (κ1) is 16.2. The topological polar surface area (TPSA) is 63.6 Å². The molecule has 0 fully saturated rings. The van der Waals surface area contributed by atoms with E-state index in [1.54, 1.807) is 6.07 Å². The van der Waals surface area contributed by atoms with Gasteiger partial charge >= 0.3 is 0 Å². The van der Waals surface area contributed by atoms with E-state index in [0.29, 0.717) is 22.0 Å². The van der Waals surface area contributed by atoms with Crippen LogP contribution in [-0.2, 0) is 12.8 Å². The number of halogens is 1. The molecule has 5 nitrogen and oxygen atoms in total. The molecule has 0 amide bonds. The Hall–Kier alpha value is -2.31. The smallest absolute Gasteiger partial charge is 0.258 e. The van der Waals surface area contributed by atoms with Crippen molar-refractivity contribution in [2.75, 3.05) is 0 Å². The second kappa shape index (κ2) is 6.20. The third kappa shape index (κ3) is 2.92. The zero-order valence-electron chi connectivity index (χ0n) is 13.7. The summed E-state index contributed by atoms with van der Waals surface area (Å²) in [5.41, 5.74) is 3.50. The SMILES string of the molecule is Cc1cccc2c(=O)[nH]c(CSc3nc4cc(Cl)ccc4n3C)nc12. The second-order valence-corrected chi connectivity index (χ2v) is 7.24. The normalized spacial score (nSPS) is 11.5. The number of hydrogen-bond acceptors (Lipinski definition) is 4. The van der Waals surface area contributed by atoms with Gasteiger partial charge in [0.1, 0.15) is 5.82 Å². The molecule has 7 heteroatoms. The number of rotatable bonds is 3. The fraction of sp³-hybridized carbons (Fsp3) is 0.167. The monoisotopic (exact) mass is 370 g/mol. The van der Waals surface area contributed by atoms with E-state index in [2.05, 4.69) is 15.0 Å². The summed E-state index contributed by atoms with van der Waals surface area (Å²) in [6.45, 7) is 1.96. The third-order valence-electron chi connectivity index (χ3n) is 4.13. The standard InChI is InChI=1S/C18H15ClN4OS/c1-10-4-3-5-12-16(10)21-15(22-17(12)24)9-25-18-20-13-8-11(19)6-7-14(13)23(18)2/h3-8H,9H2,1-2H3,(H,21,22,24). The van der Waals surface area contributed by atoms with Crippen LogP contribution in [0, 0.1) is 6.92 Å². The molecule has 1 N–H and O–H groups in total. The average molecular weight is 371 g/mol. The number of hydrogen-bond donors (Lipinski definition) is 1. The number of nitrogens with one attached hydrogen (secondary N) is 1. The molecule has 0 aliphatic carbocycles. The Balaban J connectivity index is 1.68. The van der Waals surface area contributed by atoms with E-state index < -0.39 is 0 Å². The molecule has 0 aliphatic rings. The fourth-order valence-electron chi connectivity index (χ4n) is 2.83. The van der Waals surface area contributed by atoms with E-state index in [4.69, 9.17) is 11.6 Å². The summed E-state index contributed by atoms with van der Waals surface area (Å²) in [6, 6.07) is 11.3. The van der Waals surface area contributed by atoms with Crippen molar-refractivity contribution in [3.63, 3.8) is 0 Å². The molecule has 0 radical (unpaired) electrons. The summed E-state index contributed by atoms with van der Waals surface area (Å²) in [7, 11) is 1.96. The quantitative estimate of drug-likeness (QED) is 0.552. The molecule has 0 saturated heterocycles. The maximum Gasteiger partial charge on any atom is 0.258 e. The lowest BCUT2D eigenvalue weighted by Crippen LogP contribution is -2.12. The fourth-order valence-corrected chi connectivity index (χ4v) is 3.86. The zero-order chi connectivity index (χ0) is 17.6. The van der Waals surface area contributed by atoms with Crippen LogP contribution in [0.15, 0.2) is 46.3 Å². The van der Waals surface area contributed by atoms with E-state index >= 15 is 0 Å². The average Bonchev–Trinajstić information content (AvgIpc) is 2.89. The van der Waals surface area contributed by atoms with E-state index in [1.165, 1.54) is 11.8 Å². The molecule has 0 atom stereocenters. The van der Waals surface area contributed by atoms with Crippen LogP contribution in [0.3, 0.4) is 0 Å². The van der Waals surface area contributed by atoms with Gasteiger partial charge in [0.05, 0.1) is 27.7 Å². The van der Waals surface area contributed by atoms with Crippen molar-refractivity contribution in [3.8, 4) is 0 Å². The van der Waals surface area contributed by atoms with Crippen molar-refractivity contribution in [3.05, 3.63) is 63.2 Å². The molecular weight excluding hydrogens is 356 g/mol. The minimum atomic E-state index is -0.110. The number of imidazole rings is 1. The molecule has 4 rings (SSSR count). The minimum absolute atomic E-state index is 0.110. The first-order valence-corrected chi connectivity index (χ1v) is 9.12. The van der Waals surface area contributed by atoms with Crippen LogP contribution in [0.25, 0.3) is 21.9 Å². The van der Waals surface area contributed by atoms with Crippen LogP contribution in [0.1, 0.15) is 11.4 Å². The zero-order valence-corrected chi connectivity index (χ0v) is 15.3. The highest BCUT2D eigenvalue weighted by Gasteiger charge is 2.11. The van der Waals surface area contributed by atoms with Crippen molar-refractivity contribution >= 4 is 45.3 Å². The van der Waals surface area contributed by atoms with Gasteiger partial charge in [-0.05, 0) is 36.8 Å². The predicted molar refractivity (Wildman–Crippen MR) is 102 cm³/mol. The van der Waals surface area contributed by atoms with E-state index in [-0.39, 0.29) is 5.56 Å². The van der Waals surface area contributed by atoms with Crippen molar-refractivity contribution in [1.82, 2.24) is 19.5 Å². The molecule has 2 aromatic carbocycles. The van der Waals surface area contributed by atoms with E-state index in [0.717, 1.165) is 27.3 Å². The van der Waals surface area contributed by atoms with Crippen LogP contribution >= 0.6 is 23.4 Å². The summed E-state index contributed by atoms with van der Waals surface area (Å²) in [5, 5.41) is 2.13. The summed E-state index contributed by atoms with van der Waals surface area (Å²) < 4.78 is 2.01. The number of thioether (sulfide) groups is 1. The molecular formula is C18H15ClN4OS. The maximum absolute atomic E-state index is 12.3. The Bertz CT molecular complexity index is 1170. The van der Waals surface area contributed by atoms with Gasteiger partial charge in [-0.3, -0.25) is 4.79 Å². The molecule has 2 heterocycles. The number of aromatic amines is 1. The van der Waals surface area contributed by atoms with Crippen LogP contribution < -0.4 is 5.56 Å². The van der Waals surface area contributed by atoms with Crippen LogP contribution in [-0.4, -0.2) is 19.5 Å². The van der Waals surface area contributed by atoms with Gasteiger partial charge in [0.25, 0.3) is 5.56 Å². The number of aryl methyl sites for hydroxylation is 2. The lowest BCUT2D eigenvalue weighted by atomic mass is 10.1. The van der Waals surface area contributed by atoms with Gasteiger partial charge < -0.3 is 9.55 Å². The number of aromatic nitrogens is 4. The Morgan fingerprint density at radius 2 is 2.08 bits per heavy atom. The van der Waals surface area contributed by atoms with Crippen molar-refractivity contribution in [2.24, 2.45) is 7.05 Å². The Morgan fingerprint density at radius 1 is 1.24 bits per heavy atom. The minimum Gasteiger partial charge on any atom is -0.322 e. The number of fused-ring (bicyclic) bond motifs is 2. The van der Waals surface area contributed by atoms with Gasteiger partial charge in [-0.15, -0.1) is 0 Å².